The van der Waals surface area contributed by atoms with Gasteiger partial charge in [-0.05, 0) is 51.6 Å². The average Bonchev–Trinajstić information content (AvgIpc) is 2.87. The lowest BCUT2D eigenvalue weighted by Gasteiger charge is -2.39. The third kappa shape index (κ3) is 3.92. The molecule has 1 fully saturated rings. The second-order valence-corrected chi connectivity index (χ2v) is 6.92. The summed E-state index contributed by atoms with van der Waals surface area (Å²) in [5.41, 5.74) is 4.22. The molecule has 1 unspecified atom stereocenters. The zero-order chi connectivity index (χ0) is 18.0. The van der Waals surface area contributed by atoms with Gasteiger partial charge in [0.05, 0.1) is 11.4 Å². The third-order valence-electron chi connectivity index (χ3n) is 5.22. The van der Waals surface area contributed by atoms with Crippen molar-refractivity contribution < 1.29 is 9.50 Å². The molecule has 2 aromatic rings. The van der Waals surface area contributed by atoms with Crippen molar-refractivity contribution in [1.29, 1.82) is 0 Å². The standard InChI is InChI=1S/C19H27FN4O/c1-14-19(13-23-10-9-22(3)18(12-23)8-11-25)15(2)24(21-14)17-6-4-16(20)5-7-17/h4-7,18,25H,8-13H2,1-3H3. The van der Waals surface area contributed by atoms with Crippen molar-refractivity contribution in [1.82, 2.24) is 19.6 Å². The number of hydrogen-bond acceptors (Lipinski definition) is 4. The van der Waals surface area contributed by atoms with E-state index in [-0.39, 0.29) is 12.4 Å². The number of aliphatic hydroxyl groups excluding tert-OH is 1. The van der Waals surface area contributed by atoms with Gasteiger partial charge in [0.2, 0.25) is 0 Å². The van der Waals surface area contributed by atoms with Crippen LogP contribution in [0.25, 0.3) is 5.69 Å². The van der Waals surface area contributed by atoms with E-state index in [1.54, 1.807) is 12.1 Å². The molecule has 0 amide bonds. The second kappa shape index (κ2) is 7.64. The first-order chi connectivity index (χ1) is 12.0. The van der Waals surface area contributed by atoms with E-state index < -0.39 is 0 Å². The Kier molecular flexibility index (Phi) is 5.51. The summed E-state index contributed by atoms with van der Waals surface area (Å²) in [5.74, 6) is -0.238. The predicted molar refractivity (Wildman–Crippen MR) is 96.4 cm³/mol. The van der Waals surface area contributed by atoms with Crippen LogP contribution in [0.1, 0.15) is 23.4 Å². The number of hydrogen-bond donors (Lipinski definition) is 1. The summed E-state index contributed by atoms with van der Waals surface area (Å²) in [6, 6.07) is 6.83. The molecule has 25 heavy (non-hydrogen) atoms. The van der Waals surface area contributed by atoms with Gasteiger partial charge in [0.25, 0.3) is 0 Å². The molecular weight excluding hydrogens is 319 g/mol. The lowest BCUT2D eigenvalue weighted by molar-refractivity contribution is 0.0741. The normalized spacial score (nSPS) is 19.5. The molecule has 1 atom stereocenters. The van der Waals surface area contributed by atoms with Crippen LogP contribution in [0.2, 0.25) is 0 Å². The maximum Gasteiger partial charge on any atom is 0.123 e. The van der Waals surface area contributed by atoms with Crippen molar-refractivity contribution in [2.75, 3.05) is 33.3 Å². The number of aryl methyl sites for hydroxylation is 1. The third-order valence-corrected chi connectivity index (χ3v) is 5.22. The van der Waals surface area contributed by atoms with Gasteiger partial charge < -0.3 is 10.0 Å². The number of piperazine rings is 1. The molecule has 2 heterocycles. The first kappa shape index (κ1) is 18.0. The molecule has 3 rings (SSSR count). The van der Waals surface area contributed by atoms with Crippen molar-refractivity contribution in [2.24, 2.45) is 0 Å². The average molecular weight is 346 g/mol. The number of halogens is 1. The van der Waals surface area contributed by atoms with Crippen LogP contribution in [0.15, 0.2) is 24.3 Å². The van der Waals surface area contributed by atoms with E-state index in [9.17, 15) is 9.50 Å². The lowest BCUT2D eigenvalue weighted by Crippen LogP contribution is -2.51. The molecule has 0 saturated carbocycles. The largest absolute Gasteiger partial charge is 0.396 e. The fourth-order valence-electron chi connectivity index (χ4n) is 3.58. The Bertz CT molecular complexity index is 713. The van der Waals surface area contributed by atoms with Crippen LogP contribution in [-0.4, -0.2) is 64.0 Å². The highest BCUT2D eigenvalue weighted by Crippen LogP contribution is 2.21. The lowest BCUT2D eigenvalue weighted by atomic mass is 10.1. The van der Waals surface area contributed by atoms with Gasteiger partial charge in [0.1, 0.15) is 5.82 Å². The first-order valence-corrected chi connectivity index (χ1v) is 8.84. The molecule has 1 saturated heterocycles. The van der Waals surface area contributed by atoms with E-state index in [1.807, 2.05) is 11.6 Å². The molecule has 6 heteroatoms. The summed E-state index contributed by atoms with van der Waals surface area (Å²) < 4.78 is 15.1. The Morgan fingerprint density at radius 1 is 1.20 bits per heavy atom. The molecule has 1 aliphatic rings. The Labute approximate surface area is 148 Å². The monoisotopic (exact) mass is 346 g/mol. The van der Waals surface area contributed by atoms with Crippen molar-refractivity contribution in [3.63, 3.8) is 0 Å². The van der Waals surface area contributed by atoms with Gasteiger partial charge in [-0.25, -0.2) is 9.07 Å². The fraction of sp³-hybridized carbons (Fsp3) is 0.526. The molecule has 1 N–H and O–H groups in total. The summed E-state index contributed by atoms with van der Waals surface area (Å²) in [6.07, 6.45) is 0.805. The smallest absolute Gasteiger partial charge is 0.123 e. The molecule has 0 bridgehead atoms. The minimum atomic E-state index is -0.238. The van der Waals surface area contributed by atoms with Gasteiger partial charge in [0.15, 0.2) is 0 Å². The number of aliphatic hydroxyl groups is 1. The van der Waals surface area contributed by atoms with Gasteiger partial charge in [-0.2, -0.15) is 5.10 Å². The molecular formula is C19H27FN4O. The first-order valence-electron chi connectivity index (χ1n) is 8.84. The van der Waals surface area contributed by atoms with Crippen LogP contribution in [0.3, 0.4) is 0 Å². The van der Waals surface area contributed by atoms with Crippen molar-refractivity contribution in [3.8, 4) is 5.69 Å². The highest BCUT2D eigenvalue weighted by Gasteiger charge is 2.25. The number of nitrogens with zero attached hydrogens (tertiary/aromatic N) is 4. The van der Waals surface area contributed by atoms with E-state index >= 15 is 0 Å². The van der Waals surface area contributed by atoms with Gasteiger partial charge >= 0.3 is 0 Å². The minimum absolute atomic E-state index is 0.226. The zero-order valence-electron chi connectivity index (χ0n) is 15.2. The molecule has 1 aliphatic heterocycles. The summed E-state index contributed by atoms with van der Waals surface area (Å²) in [7, 11) is 2.13. The minimum Gasteiger partial charge on any atom is -0.396 e. The molecule has 0 radical (unpaired) electrons. The van der Waals surface area contributed by atoms with Crippen LogP contribution in [-0.2, 0) is 6.54 Å². The predicted octanol–water partition coefficient (Wildman–Crippen LogP) is 2.13. The molecule has 0 aliphatic carbocycles. The van der Waals surface area contributed by atoms with Crippen molar-refractivity contribution in [2.45, 2.75) is 32.9 Å². The topological polar surface area (TPSA) is 44.5 Å². The summed E-state index contributed by atoms with van der Waals surface area (Å²) in [4.78, 5) is 4.76. The number of likely N-dealkylation sites (N-methyl/N-ethyl adjacent to an activating group) is 1. The highest BCUT2D eigenvalue weighted by molar-refractivity contribution is 5.37. The summed E-state index contributed by atoms with van der Waals surface area (Å²) in [6.45, 7) is 8.16. The summed E-state index contributed by atoms with van der Waals surface area (Å²) >= 11 is 0. The Balaban J connectivity index is 1.78. The van der Waals surface area contributed by atoms with Crippen LogP contribution in [0.5, 0.6) is 0 Å². The zero-order valence-corrected chi connectivity index (χ0v) is 15.2. The van der Waals surface area contributed by atoms with Crippen LogP contribution >= 0.6 is 0 Å². The van der Waals surface area contributed by atoms with Gasteiger partial charge in [-0.3, -0.25) is 4.90 Å². The molecule has 136 valence electrons. The number of benzene rings is 1. The van der Waals surface area contributed by atoms with E-state index in [4.69, 9.17) is 0 Å². The van der Waals surface area contributed by atoms with E-state index in [1.165, 1.54) is 17.7 Å². The van der Waals surface area contributed by atoms with Crippen LogP contribution in [0.4, 0.5) is 4.39 Å². The van der Waals surface area contributed by atoms with Gasteiger partial charge in [0, 0.05) is 50.1 Å². The Hall–Kier alpha value is -1.76. The molecule has 1 aromatic heterocycles. The SMILES string of the molecule is Cc1nn(-c2ccc(F)cc2)c(C)c1CN1CCN(C)C(CCO)C1. The Morgan fingerprint density at radius 2 is 1.92 bits per heavy atom. The molecule has 0 spiro atoms. The quantitative estimate of drug-likeness (QED) is 0.901. The van der Waals surface area contributed by atoms with E-state index in [2.05, 4.69) is 28.9 Å². The Morgan fingerprint density at radius 3 is 2.60 bits per heavy atom. The molecule has 5 nitrogen and oxygen atoms in total. The maximum atomic E-state index is 13.2. The molecule has 1 aromatic carbocycles. The fourth-order valence-corrected chi connectivity index (χ4v) is 3.58. The number of rotatable bonds is 5. The number of aromatic nitrogens is 2. The maximum absolute atomic E-state index is 13.2. The highest BCUT2D eigenvalue weighted by atomic mass is 19.1. The second-order valence-electron chi connectivity index (χ2n) is 6.92. The van der Waals surface area contributed by atoms with Gasteiger partial charge in [-0.15, -0.1) is 0 Å². The van der Waals surface area contributed by atoms with Crippen LogP contribution < -0.4 is 0 Å². The van der Waals surface area contributed by atoms with Crippen molar-refractivity contribution in [3.05, 3.63) is 47.0 Å². The summed E-state index contributed by atoms with van der Waals surface area (Å²) in [5, 5.41) is 13.9. The van der Waals surface area contributed by atoms with Crippen LogP contribution in [0, 0.1) is 19.7 Å². The van der Waals surface area contributed by atoms with E-state index in [0.717, 1.165) is 49.7 Å². The van der Waals surface area contributed by atoms with Gasteiger partial charge in [-0.1, -0.05) is 0 Å². The van der Waals surface area contributed by atoms with Crippen molar-refractivity contribution >= 4 is 0 Å². The van der Waals surface area contributed by atoms with E-state index in [0.29, 0.717) is 6.04 Å².